The number of benzene rings is 1. The molecule has 0 aromatic heterocycles. The summed E-state index contributed by atoms with van der Waals surface area (Å²) in [6.07, 6.45) is 2.47. The Morgan fingerprint density at radius 1 is 1.35 bits per heavy atom. The first-order valence-electron chi connectivity index (χ1n) is 6.86. The first-order chi connectivity index (χ1) is 9.52. The van der Waals surface area contributed by atoms with E-state index in [1.54, 1.807) is 24.3 Å². The van der Waals surface area contributed by atoms with Gasteiger partial charge >= 0.3 is 0 Å². The number of amides is 1. The number of amidine groups is 1. The summed E-state index contributed by atoms with van der Waals surface area (Å²) < 4.78 is 0. The minimum atomic E-state index is 0.0188. The van der Waals surface area contributed by atoms with Crippen molar-refractivity contribution >= 4 is 11.7 Å². The number of oxime groups is 1. The van der Waals surface area contributed by atoms with Gasteiger partial charge in [-0.15, -0.1) is 0 Å². The van der Waals surface area contributed by atoms with Crippen LogP contribution in [0.3, 0.4) is 0 Å². The number of carbonyl (C=O) groups excluding carboxylic acids is 1. The maximum Gasteiger partial charge on any atom is 0.224 e. The lowest BCUT2D eigenvalue weighted by Crippen LogP contribution is -2.26. The van der Waals surface area contributed by atoms with Gasteiger partial charge in [0.15, 0.2) is 5.84 Å². The third-order valence-corrected chi connectivity index (χ3v) is 3.00. The predicted molar refractivity (Wildman–Crippen MR) is 79.7 cm³/mol. The van der Waals surface area contributed by atoms with E-state index < -0.39 is 0 Å². The SMILES string of the molecule is CC(C)CCCNC(=O)Cc1ccc(C(N)=NO)cc1. The van der Waals surface area contributed by atoms with E-state index >= 15 is 0 Å². The molecule has 0 spiro atoms. The molecule has 0 atom stereocenters. The van der Waals surface area contributed by atoms with Crippen LogP contribution in [0.15, 0.2) is 29.4 Å². The minimum absolute atomic E-state index is 0.0188. The van der Waals surface area contributed by atoms with E-state index in [1.807, 2.05) is 0 Å². The van der Waals surface area contributed by atoms with Gasteiger partial charge < -0.3 is 16.3 Å². The summed E-state index contributed by atoms with van der Waals surface area (Å²) in [6, 6.07) is 7.08. The molecule has 0 aliphatic heterocycles. The third kappa shape index (κ3) is 5.73. The number of hydrogen-bond acceptors (Lipinski definition) is 3. The van der Waals surface area contributed by atoms with Crippen LogP contribution in [0.5, 0.6) is 0 Å². The van der Waals surface area contributed by atoms with Crippen LogP contribution in [0, 0.1) is 5.92 Å². The smallest absolute Gasteiger partial charge is 0.224 e. The lowest BCUT2D eigenvalue weighted by atomic mass is 10.1. The summed E-state index contributed by atoms with van der Waals surface area (Å²) in [5.74, 6) is 0.748. The van der Waals surface area contributed by atoms with Gasteiger partial charge in [-0.3, -0.25) is 4.79 Å². The first kappa shape index (κ1) is 16.0. The van der Waals surface area contributed by atoms with Gasteiger partial charge in [0.2, 0.25) is 5.91 Å². The molecular formula is C15H23N3O2. The molecule has 0 aliphatic rings. The highest BCUT2D eigenvalue weighted by Gasteiger charge is 2.04. The molecule has 0 heterocycles. The van der Waals surface area contributed by atoms with Gasteiger partial charge in [0.05, 0.1) is 6.42 Å². The van der Waals surface area contributed by atoms with Crippen molar-refractivity contribution in [1.29, 1.82) is 0 Å². The van der Waals surface area contributed by atoms with Crippen LogP contribution in [-0.4, -0.2) is 23.5 Å². The fourth-order valence-electron chi connectivity index (χ4n) is 1.84. The Kier molecular flexibility index (Phi) is 6.56. The lowest BCUT2D eigenvalue weighted by Gasteiger charge is -2.07. The second-order valence-electron chi connectivity index (χ2n) is 5.24. The number of nitrogens with one attached hydrogen (secondary N) is 1. The normalized spacial score (nSPS) is 11.7. The van der Waals surface area contributed by atoms with E-state index in [1.165, 1.54) is 0 Å². The lowest BCUT2D eigenvalue weighted by molar-refractivity contribution is -0.120. The van der Waals surface area contributed by atoms with Crippen molar-refractivity contribution in [3.05, 3.63) is 35.4 Å². The predicted octanol–water partition coefficient (Wildman–Crippen LogP) is 1.88. The van der Waals surface area contributed by atoms with Crippen molar-refractivity contribution in [2.75, 3.05) is 6.54 Å². The molecule has 110 valence electrons. The first-order valence-corrected chi connectivity index (χ1v) is 6.86. The number of rotatable bonds is 7. The Morgan fingerprint density at radius 2 is 2.00 bits per heavy atom. The van der Waals surface area contributed by atoms with E-state index in [0.717, 1.165) is 24.9 Å². The number of nitrogens with zero attached hydrogens (tertiary/aromatic N) is 1. The molecule has 0 unspecified atom stereocenters. The molecule has 0 fully saturated rings. The van der Waals surface area contributed by atoms with Gasteiger partial charge in [-0.25, -0.2) is 0 Å². The molecule has 1 aromatic rings. The molecule has 0 aliphatic carbocycles. The van der Waals surface area contributed by atoms with Gasteiger partial charge in [-0.05, 0) is 24.3 Å². The van der Waals surface area contributed by atoms with Crippen LogP contribution < -0.4 is 11.1 Å². The molecule has 20 heavy (non-hydrogen) atoms. The van der Waals surface area contributed by atoms with Crippen LogP contribution in [0.1, 0.15) is 37.8 Å². The van der Waals surface area contributed by atoms with Gasteiger partial charge in [-0.2, -0.15) is 0 Å². The van der Waals surface area contributed by atoms with Crippen molar-refractivity contribution in [1.82, 2.24) is 5.32 Å². The zero-order valence-corrected chi connectivity index (χ0v) is 12.1. The van der Waals surface area contributed by atoms with E-state index in [4.69, 9.17) is 10.9 Å². The van der Waals surface area contributed by atoms with E-state index in [-0.39, 0.29) is 11.7 Å². The standard InChI is InChI=1S/C15H23N3O2/c1-11(2)4-3-9-17-14(19)10-12-5-7-13(8-6-12)15(16)18-20/h5-8,11,20H,3-4,9-10H2,1-2H3,(H2,16,18)(H,17,19). The summed E-state index contributed by atoms with van der Waals surface area (Å²) in [7, 11) is 0. The topological polar surface area (TPSA) is 87.7 Å². The molecule has 5 heteroatoms. The Morgan fingerprint density at radius 3 is 2.55 bits per heavy atom. The van der Waals surface area contributed by atoms with Gasteiger partial charge in [-0.1, -0.05) is 43.3 Å². The summed E-state index contributed by atoms with van der Waals surface area (Å²) in [6.45, 7) is 5.06. The quantitative estimate of drug-likeness (QED) is 0.234. The molecule has 0 radical (unpaired) electrons. The molecule has 1 aromatic carbocycles. The fraction of sp³-hybridized carbons (Fsp3) is 0.467. The van der Waals surface area contributed by atoms with Crippen molar-refractivity contribution in [3.8, 4) is 0 Å². The van der Waals surface area contributed by atoms with Crippen molar-refractivity contribution in [3.63, 3.8) is 0 Å². The summed E-state index contributed by atoms with van der Waals surface area (Å²) in [4.78, 5) is 11.7. The van der Waals surface area contributed by atoms with Crippen LogP contribution in [0.25, 0.3) is 0 Å². The number of carbonyl (C=O) groups is 1. The zero-order valence-electron chi connectivity index (χ0n) is 12.1. The van der Waals surface area contributed by atoms with E-state index in [2.05, 4.69) is 24.3 Å². The Bertz CT molecular complexity index is 453. The van der Waals surface area contributed by atoms with E-state index in [0.29, 0.717) is 17.9 Å². The number of hydrogen-bond donors (Lipinski definition) is 3. The molecular weight excluding hydrogens is 254 g/mol. The van der Waals surface area contributed by atoms with E-state index in [9.17, 15) is 4.79 Å². The summed E-state index contributed by atoms with van der Waals surface area (Å²) >= 11 is 0. The van der Waals surface area contributed by atoms with Crippen molar-refractivity contribution in [2.24, 2.45) is 16.8 Å². The minimum Gasteiger partial charge on any atom is -0.409 e. The largest absolute Gasteiger partial charge is 0.409 e. The summed E-state index contributed by atoms with van der Waals surface area (Å²) in [5, 5.41) is 14.4. The van der Waals surface area contributed by atoms with Crippen molar-refractivity contribution < 1.29 is 10.0 Å². The molecule has 1 amide bonds. The Labute approximate surface area is 119 Å². The average molecular weight is 277 g/mol. The monoisotopic (exact) mass is 277 g/mol. The Hall–Kier alpha value is -2.04. The molecule has 0 saturated heterocycles. The van der Waals surface area contributed by atoms with Gasteiger partial charge in [0, 0.05) is 12.1 Å². The van der Waals surface area contributed by atoms with Gasteiger partial charge in [0.1, 0.15) is 0 Å². The fourth-order valence-corrected chi connectivity index (χ4v) is 1.84. The zero-order chi connectivity index (χ0) is 15.0. The van der Waals surface area contributed by atoms with Crippen LogP contribution >= 0.6 is 0 Å². The summed E-state index contributed by atoms with van der Waals surface area (Å²) in [5.41, 5.74) is 7.01. The van der Waals surface area contributed by atoms with Crippen LogP contribution in [0.2, 0.25) is 0 Å². The third-order valence-electron chi connectivity index (χ3n) is 3.00. The molecule has 1 rings (SSSR count). The van der Waals surface area contributed by atoms with Crippen molar-refractivity contribution in [2.45, 2.75) is 33.1 Å². The maximum atomic E-state index is 11.7. The Balaban J connectivity index is 2.39. The second kappa shape index (κ2) is 8.19. The van der Waals surface area contributed by atoms with Crippen LogP contribution in [0.4, 0.5) is 0 Å². The highest BCUT2D eigenvalue weighted by Crippen LogP contribution is 2.05. The number of nitrogens with two attached hydrogens (primary N) is 1. The van der Waals surface area contributed by atoms with Crippen LogP contribution in [-0.2, 0) is 11.2 Å². The maximum absolute atomic E-state index is 11.7. The molecule has 4 N–H and O–H groups in total. The molecule has 0 bridgehead atoms. The van der Waals surface area contributed by atoms with Gasteiger partial charge in [0.25, 0.3) is 0 Å². The molecule has 5 nitrogen and oxygen atoms in total. The highest BCUT2D eigenvalue weighted by molar-refractivity contribution is 5.97. The highest BCUT2D eigenvalue weighted by atomic mass is 16.4. The average Bonchev–Trinajstić information content (AvgIpc) is 2.43. The molecule has 0 saturated carbocycles. The second-order valence-corrected chi connectivity index (χ2v) is 5.24.